The van der Waals surface area contributed by atoms with Crippen molar-refractivity contribution in [1.29, 1.82) is 0 Å². The van der Waals surface area contributed by atoms with E-state index in [0.717, 1.165) is 22.3 Å². The van der Waals surface area contributed by atoms with Gasteiger partial charge < -0.3 is 9.30 Å². The molecular weight excluding hydrogens is 382 g/mol. The highest BCUT2D eigenvalue weighted by Crippen LogP contribution is 2.29. The lowest BCUT2D eigenvalue weighted by molar-refractivity contribution is 0.0994. The molecular formula is C20H20ClN3O2S. The Labute approximate surface area is 167 Å². The molecule has 0 saturated carbocycles. The topological polar surface area (TPSA) is 57.0 Å². The van der Waals surface area contributed by atoms with Crippen molar-refractivity contribution in [1.82, 2.24) is 14.8 Å². The number of halogens is 1. The maximum absolute atomic E-state index is 12.7. The van der Waals surface area contributed by atoms with E-state index in [2.05, 4.69) is 10.2 Å². The Kier molecular flexibility index (Phi) is 6.19. The molecule has 1 unspecified atom stereocenters. The molecule has 0 bridgehead atoms. The summed E-state index contributed by atoms with van der Waals surface area (Å²) in [4.78, 5) is 12.7. The molecule has 7 heteroatoms. The molecule has 2 aromatic carbocycles. The van der Waals surface area contributed by atoms with Crippen molar-refractivity contribution in [2.45, 2.75) is 30.8 Å². The molecule has 0 saturated heterocycles. The van der Waals surface area contributed by atoms with Gasteiger partial charge in [0.25, 0.3) is 0 Å². The van der Waals surface area contributed by atoms with Gasteiger partial charge in [0.05, 0.1) is 12.4 Å². The molecule has 27 heavy (non-hydrogen) atoms. The summed E-state index contributed by atoms with van der Waals surface area (Å²) < 4.78 is 7.15. The highest BCUT2D eigenvalue weighted by molar-refractivity contribution is 8.00. The van der Waals surface area contributed by atoms with Crippen LogP contribution in [0.15, 0.2) is 53.7 Å². The largest absolute Gasteiger partial charge is 0.497 e. The number of benzene rings is 2. The second kappa shape index (κ2) is 8.59. The zero-order valence-electron chi connectivity index (χ0n) is 15.3. The predicted molar refractivity (Wildman–Crippen MR) is 109 cm³/mol. The van der Waals surface area contributed by atoms with Crippen LogP contribution in [-0.2, 0) is 6.54 Å². The number of ether oxygens (including phenoxy) is 1. The maximum atomic E-state index is 12.7. The van der Waals surface area contributed by atoms with Crippen molar-refractivity contribution in [3.63, 3.8) is 0 Å². The zero-order valence-corrected chi connectivity index (χ0v) is 16.9. The minimum atomic E-state index is -0.286. The van der Waals surface area contributed by atoms with E-state index < -0.39 is 0 Å². The van der Waals surface area contributed by atoms with Crippen LogP contribution in [0.1, 0.15) is 24.2 Å². The van der Waals surface area contributed by atoms with Gasteiger partial charge in [-0.25, -0.2) is 0 Å². The van der Waals surface area contributed by atoms with Gasteiger partial charge in [0.15, 0.2) is 16.8 Å². The minimum Gasteiger partial charge on any atom is -0.497 e. The van der Waals surface area contributed by atoms with Crippen LogP contribution in [0.25, 0.3) is 11.4 Å². The van der Waals surface area contributed by atoms with Crippen LogP contribution in [0.3, 0.4) is 0 Å². The van der Waals surface area contributed by atoms with E-state index in [1.807, 2.05) is 42.7 Å². The number of nitrogens with zero attached hydrogens (tertiary/aromatic N) is 3. The summed E-state index contributed by atoms with van der Waals surface area (Å²) in [6, 6.07) is 14.6. The summed E-state index contributed by atoms with van der Waals surface area (Å²) in [7, 11) is 1.60. The number of hydrogen-bond donors (Lipinski definition) is 0. The van der Waals surface area contributed by atoms with E-state index in [4.69, 9.17) is 16.3 Å². The van der Waals surface area contributed by atoms with Crippen LogP contribution in [0.4, 0.5) is 0 Å². The van der Waals surface area contributed by atoms with Gasteiger partial charge in [-0.1, -0.05) is 23.4 Å². The van der Waals surface area contributed by atoms with E-state index in [1.165, 1.54) is 11.8 Å². The van der Waals surface area contributed by atoms with E-state index in [9.17, 15) is 4.79 Å². The molecule has 0 N–H and O–H groups in total. The van der Waals surface area contributed by atoms with Gasteiger partial charge in [0.1, 0.15) is 5.75 Å². The first-order chi connectivity index (χ1) is 13.0. The molecule has 1 atom stereocenters. The van der Waals surface area contributed by atoms with Crippen LogP contribution in [0.2, 0.25) is 5.02 Å². The molecule has 0 aliphatic rings. The van der Waals surface area contributed by atoms with Crippen LogP contribution in [-0.4, -0.2) is 32.9 Å². The van der Waals surface area contributed by atoms with E-state index >= 15 is 0 Å². The van der Waals surface area contributed by atoms with E-state index in [0.29, 0.717) is 17.1 Å². The summed E-state index contributed by atoms with van der Waals surface area (Å²) in [6.07, 6.45) is 0. The predicted octanol–water partition coefficient (Wildman–Crippen LogP) is 4.99. The van der Waals surface area contributed by atoms with Gasteiger partial charge in [0.2, 0.25) is 0 Å². The summed E-state index contributed by atoms with van der Waals surface area (Å²) in [5.41, 5.74) is 1.59. The molecule has 0 aliphatic carbocycles. The number of carbonyl (C=O) groups is 1. The van der Waals surface area contributed by atoms with Crippen molar-refractivity contribution in [3.8, 4) is 17.1 Å². The quantitative estimate of drug-likeness (QED) is 0.412. The number of carbonyl (C=O) groups excluding carboxylic acids is 1. The monoisotopic (exact) mass is 401 g/mol. The molecule has 0 amide bonds. The fourth-order valence-corrected chi connectivity index (χ4v) is 3.79. The van der Waals surface area contributed by atoms with Gasteiger partial charge in [-0.2, -0.15) is 0 Å². The highest BCUT2D eigenvalue weighted by atomic mass is 35.5. The first-order valence-corrected chi connectivity index (χ1v) is 9.83. The third kappa shape index (κ3) is 4.34. The lowest BCUT2D eigenvalue weighted by Crippen LogP contribution is -2.14. The molecule has 0 spiro atoms. The third-order valence-electron chi connectivity index (χ3n) is 4.16. The summed E-state index contributed by atoms with van der Waals surface area (Å²) in [6.45, 7) is 4.62. The Hall–Kier alpha value is -2.31. The lowest BCUT2D eigenvalue weighted by Gasteiger charge is -2.12. The normalized spacial score (nSPS) is 12.0. The fraction of sp³-hybridized carbons (Fsp3) is 0.250. The first-order valence-electron chi connectivity index (χ1n) is 8.57. The molecule has 0 radical (unpaired) electrons. The number of aromatic nitrogens is 3. The number of Topliss-reactive ketones (excluding diaryl/α,β-unsaturated/α-hetero) is 1. The minimum absolute atomic E-state index is 0.0429. The van der Waals surface area contributed by atoms with Gasteiger partial charge in [-0.3, -0.25) is 4.79 Å². The molecule has 0 aliphatic heterocycles. The molecule has 1 heterocycles. The van der Waals surface area contributed by atoms with Gasteiger partial charge in [-0.05, 0) is 62.4 Å². The molecule has 1 aromatic heterocycles. The third-order valence-corrected chi connectivity index (χ3v) is 5.49. The van der Waals surface area contributed by atoms with Crippen molar-refractivity contribution in [2.75, 3.05) is 7.11 Å². The smallest absolute Gasteiger partial charge is 0.192 e. The standard InChI is InChI=1S/C20H20ClN3O2S/c1-4-24-19(15-5-9-16(21)10-6-15)22-23-20(24)27-13(2)18(25)14-7-11-17(26-3)12-8-14/h5-13H,4H2,1-3H3. The molecule has 5 nitrogen and oxygen atoms in total. The fourth-order valence-electron chi connectivity index (χ4n) is 2.68. The summed E-state index contributed by atoms with van der Waals surface area (Å²) in [5, 5.41) is 9.72. The average molecular weight is 402 g/mol. The summed E-state index contributed by atoms with van der Waals surface area (Å²) >= 11 is 7.38. The summed E-state index contributed by atoms with van der Waals surface area (Å²) in [5.74, 6) is 1.53. The number of thioether (sulfide) groups is 1. The number of methoxy groups -OCH3 is 1. The van der Waals surface area contributed by atoms with Gasteiger partial charge in [-0.15, -0.1) is 10.2 Å². The Bertz CT molecular complexity index is 923. The molecule has 140 valence electrons. The van der Waals surface area contributed by atoms with Crippen molar-refractivity contribution in [2.24, 2.45) is 0 Å². The number of ketones is 1. The average Bonchev–Trinajstić information content (AvgIpc) is 3.10. The second-order valence-electron chi connectivity index (χ2n) is 5.91. The van der Waals surface area contributed by atoms with E-state index in [-0.39, 0.29) is 11.0 Å². The molecule has 3 rings (SSSR count). The van der Waals surface area contributed by atoms with Crippen LogP contribution in [0.5, 0.6) is 5.75 Å². The Morgan fingerprint density at radius 2 is 1.81 bits per heavy atom. The Morgan fingerprint density at radius 3 is 2.41 bits per heavy atom. The highest BCUT2D eigenvalue weighted by Gasteiger charge is 2.21. The van der Waals surface area contributed by atoms with Gasteiger partial charge in [0, 0.05) is 22.7 Å². The molecule has 0 fully saturated rings. The Morgan fingerprint density at radius 1 is 1.15 bits per heavy atom. The Balaban J connectivity index is 1.80. The first kappa shape index (κ1) is 19.5. The SMILES string of the molecule is CCn1c(SC(C)C(=O)c2ccc(OC)cc2)nnc1-c1ccc(Cl)cc1. The zero-order chi connectivity index (χ0) is 19.4. The van der Waals surface area contributed by atoms with Crippen molar-refractivity contribution >= 4 is 29.1 Å². The second-order valence-corrected chi connectivity index (χ2v) is 7.65. The van der Waals surface area contributed by atoms with Crippen LogP contribution >= 0.6 is 23.4 Å². The van der Waals surface area contributed by atoms with Crippen LogP contribution in [0, 0.1) is 0 Å². The van der Waals surface area contributed by atoms with Crippen LogP contribution < -0.4 is 4.74 Å². The van der Waals surface area contributed by atoms with E-state index in [1.54, 1.807) is 31.4 Å². The number of hydrogen-bond acceptors (Lipinski definition) is 5. The maximum Gasteiger partial charge on any atom is 0.192 e. The van der Waals surface area contributed by atoms with Crippen molar-refractivity contribution < 1.29 is 9.53 Å². The number of rotatable bonds is 7. The molecule has 3 aromatic rings. The van der Waals surface area contributed by atoms with Crippen molar-refractivity contribution in [3.05, 3.63) is 59.1 Å². The van der Waals surface area contributed by atoms with Gasteiger partial charge >= 0.3 is 0 Å². The lowest BCUT2D eigenvalue weighted by atomic mass is 10.1.